The first-order valence-corrected chi connectivity index (χ1v) is 2.77. The molecule has 0 spiro atoms. The van der Waals surface area contributed by atoms with Gasteiger partial charge in [-0.15, -0.1) is 11.1 Å². The van der Waals surface area contributed by atoms with Gasteiger partial charge in [-0.1, -0.05) is 13.8 Å². The van der Waals surface area contributed by atoms with E-state index in [0.717, 1.165) is 0 Å². The Bertz CT molecular complexity index is 163. The molecular formula is C5H8N3OW-. The Morgan fingerprint density at radius 1 is 1.60 bits per heavy atom. The van der Waals surface area contributed by atoms with Gasteiger partial charge in [0.1, 0.15) is 0 Å². The Morgan fingerprint density at radius 3 is 2.70 bits per heavy atom. The molecule has 0 aliphatic carbocycles. The molecule has 0 saturated carbocycles. The molecule has 1 rings (SSSR count). The minimum Gasteiger partial charge on any atom is -0.648 e. The molecule has 4 nitrogen and oxygen atoms in total. The van der Waals surface area contributed by atoms with E-state index in [4.69, 9.17) is 0 Å². The number of rotatable bonds is 2. The van der Waals surface area contributed by atoms with Crippen molar-refractivity contribution in [1.29, 1.82) is 0 Å². The predicted octanol–water partition coefficient (Wildman–Crippen LogP) is 1.48. The largest absolute Gasteiger partial charge is 0.648 e. The molecule has 0 saturated heterocycles. The fourth-order valence-corrected chi connectivity index (χ4v) is 0.473. The fourth-order valence-electron chi connectivity index (χ4n) is 0.473. The molecule has 10 heavy (non-hydrogen) atoms. The molecule has 56 valence electrons. The molecule has 0 aliphatic heterocycles. The van der Waals surface area contributed by atoms with E-state index in [1.165, 1.54) is 6.20 Å². The maximum Gasteiger partial charge on any atom is 0.0763 e. The summed E-state index contributed by atoms with van der Waals surface area (Å²) in [6, 6.07) is 0.236. The summed E-state index contributed by atoms with van der Waals surface area (Å²) in [5.74, 6) is 0.491. The molecule has 0 aromatic carbocycles. The summed E-state index contributed by atoms with van der Waals surface area (Å²) in [5.41, 5.74) is 0. The van der Waals surface area contributed by atoms with Crippen molar-refractivity contribution in [3.05, 3.63) is 11.5 Å². The van der Waals surface area contributed by atoms with Crippen LogP contribution < -0.4 is 0 Å². The predicted molar refractivity (Wildman–Crippen MR) is 32.5 cm³/mol. The van der Waals surface area contributed by atoms with Crippen molar-refractivity contribution >= 4 is 5.88 Å². The quantitative estimate of drug-likeness (QED) is 0.831. The molecule has 1 heterocycles. The first kappa shape index (κ1) is 9.63. The van der Waals surface area contributed by atoms with Crippen molar-refractivity contribution < 1.29 is 25.6 Å². The summed E-state index contributed by atoms with van der Waals surface area (Å²) >= 11 is 0. The Labute approximate surface area is 73.6 Å². The van der Waals surface area contributed by atoms with Crippen molar-refractivity contribution in [1.82, 2.24) is 10.4 Å². The van der Waals surface area contributed by atoms with E-state index >= 15 is 0 Å². The van der Waals surface area contributed by atoms with Crippen molar-refractivity contribution in [2.24, 2.45) is 0 Å². The SMILES string of the molecule is CC(C)[N-]c1cnno1.[W]. The van der Waals surface area contributed by atoms with Gasteiger partial charge < -0.3 is 9.84 Å². The van der Waals surface area contributed by atoms with Gasteiger partial charge in [-0.2, -0.15) is 0 Å². The number of aromatic nitrogens is 2. The molecule has 0 N–H and O–H groups in total. The normalized spacial score (nSPS) is 9.10. The van der Waals surface area contributed by atoms with Gasteiger partial charge in [0.2, 0.25) is 0 Å². The Balaban J connectivity index is 0.000000810. The van der Waals surface area contributed by atoms with E-state index in [1.54, 1.807) is 0 Å². The third kappa shape index (κ3) is 2.97. The summed E-state index contributed by atoms with van der Waals surface area (Å²) < 4.78 is 4.62. The van der Waals surface area contributed by atoms with Gasteiger partial charge >= 0.3 is 0 Å². The van der Waals surface area contributed by atoms with Gasteiger partial charge in [0, 0.05) is 26.3 Å². The molecular weight excluding hydrogens is 302 g/mol. The van der Waals surface area contributed by atoms with E-state index < -0.39 is 0 Å². The Kier molecular flexibility index (Phi) is 4.28. The Morgan fingerprint density at radius 2 is 2.30 bits per heavy atom. The van der Waals surface area contributed by atoms with Gasteiger partial charge in [0.25, 0.3) is 0 Å². The molecule has 0 amide bonds. The monoisotopic (exact) mass is 310 g/mol. The molecule has 5 heteroatoms. The number of hydrogen-bond acceptors (Lipinski definition) is 3. The second-order valence-electron chi connectivity index (χ2n) is 1.98. The van der Waals surface area contributed by atoms with Gasteiger partial charge in [0.05, 0.1) is 12.1 Å². The van der Waals surface area contributed by atoms with Crippen LogP contribution in [0.5, 0.6) is 0 Å². The summed E-state index contributed by atoms with van der Waals surface area (Å²) in [7, 11) is 0. The van der Waals surface area contributed by atoms with E-state index in [-0.39, 0.29) is 27.1 Å². The zero-order valence-electron chi connectivity index (χ0n) is 5.81. The fraction of sp³-hybridized carbons (Fsp3) is 0.600. The van der Waals surface area contributed by atoms with Crippen molar-refractivity contribution in [2.75, 3.05) is 0 Å². The average molecular weight is 310 g/mol. The van der Waals surface area contributed by atoms with Crippen LogP contribution in [-0.4, -0.2) is 16.4 Å². The molecule has 0 bridgehead atoms. The van der Waals surface area contributed by atoms with E-state index in [2.05, 4.69) is 20.2 Å². The van der Waals surface area contributed by atoms with E-state index in [0.29, 0.717) is 5.88 Å². The van der Waals surface area contributed by atoms with E-state index in [9.17, 15) is 0 Å². The summed E-state index contributed by atoms with van der Waals surface area (Å²) in [6.45, 7) is 3.92. The first-order valence-electron chi connectivity index (χ1n) is 2.77. The maximum atomic E-state index is 4.62. The molecule has 1 aromatic heterocycles. The zero-order chi connectivity index (χ0) is 6.69. The molecule has 1 aromatic rings. The second kappa shape index (κ2) is 4.44. The summed E-state index contributed by atoms with van der Waals surface area (Å²) in [4.78, 5) is 0. The standard InChI is InChI=1S/C5H8N3O.W/c1-4(2)7-5-3-6-8-9-5;/h3-4H,1-2H3;/q-1;. The van der Waals surface area contributed by atoms with Crippen LogP contribution in [-0.2, 0) is 21.1 Å². The molecule has 0 aliphatic rings. The number of nitrogens with zero attached hydrogens (tertiary/aromatic N) is 3. The minimum absolute atomic E-state index is 0. The minimum atomic E-state index is 0. The van der Waals surface area contributed by atoms with Crippen LogP contribution >= 0.6 is 0 Å². The first-order chi connectivity index (χ1) is 4.29. The zero-order valence-corrected chi connectivity index (χ0v) is 8.75. The van der Waals surface area contributed by atoms with Crippen LogP contribution in [0.2, 0.25) is 0 Å². The van der Waals surface area contributed by atoms with Gasteiger partial charge in [-0.25, -0.2) is 0 Å². The molecule has 0 atom stereocenters. The second-order valence-corrected chi connectivity index (χ2v) is 1.98. The van der Waals surface area contributed by atoms with Crippen LogP contribution in [0.15, 0.2) is 10.7 Å². The molecule has 0 unspecified atom stereocenters. The van der Waals surface area contributed by atoms with Crippen LogP contribution in [0.25, 0.3) is 5.32 Å². The van der Waals surface area contributed by atoms with Crippen molar-refractivity contribution in [3.63, 3.8) is 0 Å². The smallest absolute Gasteiger partial charge is 0.0763 e. The van der Waals surface area contributed by atoms with Crippen LogP contribution in [0.3, 0.4) is 0 Å². The van der Waals surface area contributed by atoms with Gasteiger partial charge in [0.15, 0.2) is 0 Å². The third-order valence-corrected chi connectivity index (χ3v) is 0.735. The van der Waals surface area contributed by atoms with Crippen LogP contribution in [0, 0.1) is 0 Å². The van der Waals surface area contributed by atoms with Crippen LogP contribution in [0.1, 0.15) is 13.8 Å². The molecule has 0 fully saturated rings. The summed E-state index contributed by atoms with van der Waals surface area (Å²) in [6.07, 6.45) is 1.49. The van der Waals surface area contributed by atoms with Crippen LogP contribution in [0.4, 0.5) is 5.88 Å². The Hall–Kier alpha value is -0.372. The van der Waals surface area contributed by atoms with Gasteiger partial charge in [-0.05, 0) is 0 Å². The maximum absolute atomic E-state index is 4.62. The summed E-state index contributed by atoms with van der Waals surface area (Å²) in [5, 5.41) is 10.7. The van der Waals surface area contributed by atoms with E-state index in [1.807, 2.05) is 13.8 Å². The number of hydrogen-bond donors (Lipinski definition) is 0. The van der Waals surface area contributed by atoms with Crippen molar-refractivity contribution in [3.8, 4) is 0 Å². The average Bonchev–Trinajstić information content (AvgIpc) is 2.15. The topological polar surface area (TPSA) is 53.0 Å². The van der Waals surface area contributed by atoms with Gasteiger partial charge in [-0.3, -0.25) is 0 Å². The van der Waals surface area contributed by atoms with Crippen molar-refractivity contribution in [2.45, 2.75) is 19.9 Å². The third-order valence-electron chi connectivity index (χ3n) is 0.735. The molecule has 0 radical (unpaired) electrons.